The van der Waals surface area contributed by atoms with Crippen LogP contribution in [-0.4, -0.2) is 81.8 Å². The Morgan fingerprint density at radius 1 is 1.25 bits per heavy atom. The predicted octanol–water partition coefficient (Wildman–Crippen LogP) is -0.301. The first-order chi connectivity index (χ1) is 5.29. The minimum absolute atomic E-state index is 0. The van der Waals surface area contributed by atoms with E-state index in [0.29, 0.717) is 6.42 Å². The molecule has 1 amide bonds. The van der Waals surface area contributed by atoms with E-state index < -0.39 is 0 Å². The average Bonchev–Trinajstić information content (AvgIpc) is 2.03. The van der Waals surface area contributed by atoms with Crippen molar-refractivity contribution in [2.24, 2.45) is 5.73 Å². The van der Waals surface area contributed by atoms with Crippen LogP contribution in [0.2, 0.25) is 0 Å². The summed E-state index contributed by atoms with van der Waals surface area (Å²) in [5, 5.41) is 0. The normalized spacial score (nSPS) is 18.3. The molecule has 0 aromatic heterocycles. The first kappa shape index (κ1) is 13.1. The Kier molecular flexibility index (Phi) is 8.13. The maximum absolute atomic E-state index is 10.4. The molecule has 12 heavy (non-hydrogen) atoms. The van der Waals surface area contributed by atoms with Gasteiger partial charge in [-0.15, -0.1) is 0 Å². The van der Waals surface area contributed by atoms with E-state index in [1.807, 2.05) is 0 Å². The number of piperidine rings is 1. The van der Waals surface area contributed by atoms with Crippen molar-refractivity contribution in [2.45, 2.75) is 25.7 Å². The van der Waals surface area contributed by atoms with Gasteiger partial charge in [0.2, 0.25) is 5.91 Å². The van der Waals surface area contributed by atoms with Crippen LogP contribution < -0.4 is 5.73 Å². The molecular formula is C8H17KN2O. The summed E-state index contributed by atoms with van der Waals surface area (Å²) in [5.41, 5.74) is 5.04. The number of carbonyl (C=O) groups excluding carboxylic acids is 1. The summed E-state index contributed by atoms with van der Waals surface area (Å²) < 4.78 is 0. The van der Waals surface area contributed by atoms with E-state index in [4.69, 9.17) is 5.73 Å². The molecule has 66 valence electrons. The molecule has 2 N–H and O–H groups in total. The summed E-state index contributed by atoms with van der Waals surface area (Å²) in [7, 11) is 0. The Balaban J connectivity index is 0.00000121. The van der Waals surface area contributed by atoms with E-state index in [1.165, 1.54) is 19.3 Å². The number of carbonyl (C=O) groups is 1. The molecule has 0 bridgehead atoms. The van der Waals surface area contributed by atoms with Crippen LogP contribution in [0.15, 0.2) is 0 Å². The van der Waals surface area contributed by atoms with Gasteiger partial charge >= 0.3 is 51.4 Å². The maximum atomic E-state index is 10.4. The van der Waals surface area contributed by atoms with Crippen molar-refractivity contribution in [2.75, 3.05) is 19.6 Å². The van der Waals surface area contributed by atoms with E-state index in [2.05, 4.69) is 4.90 Å². The van der Waals surface area contributed by atoms with E-state index >= 15 is 0 Å². The predicted molar refractivity (Wildman–Crippen MR) is 51.3 cm³/mol. The zero-order chi connectivity index (χ0) is 8.10. The van der Waals surface area contributed by atoms with Gasteiger partial charge < -0.3 is 10.6 Å². The minimum atomic E-state index is -0.185. The zero-order valence-electron chi connectivity index (χ0n) is 6.88. The monoisotopic (exact) mass is 196 g/mol. The molecule has 1 aliphatic heterocycles. The average molecular weight is 196 g/mol. The topological polar surface area (TPSA) is 46.3 Å². The van der Waals surface area contributed by atoms with Crippen LogP contribution in [0, 0.1) is 0 Å². The number of hydrogen-bond acceptors (Lipinski definition) is 2. The summed E-state index contributed by atoms with van der Waals surface area (Å²) in [5.74, 6) is -0.185. The third kappa shape index (κ3) is 5.67. The summed E-state index contributed by atoms with van der Waals surface area (Å²) in [4.78, 5) is 12.8. The van der Waals surface area contributed by atoms with E-state index in [-0.39, 0.29) is 57.3 Å². The fourth-order valence-corrected chi connectivity index (χ4v) is 1.45. The molecule has 1 saturated heterocycles. The first-order valence-electron chi connectivity index (χ1n) is 4.30. The van der Waals surface area contributed by atoms with E-state index in [1.54, 1.807) is 0 Å². The third-order valence-electron chi connectivity index (χ3n) is 2.12. The van der Waals surface area contributed by atoms with Gasteiger partial charge in [-0.05, 0) is 25.9 Å². The molecule has 0 radical (unpaired) electrons. The van der Waals surface area contributed by atoms with Gasteiger partial charge in [0.25, 0.3) is 0 Å². The van der Waals surface area contributed by atoms with Gasteiger partial charge in [-0.1, -0.05) is 6.42 Å². The molecule has 0 aliphatic carbocycles. The number of amides is 1. The van der Waals surface area contributed by atoms with Gasteiger partial charge in [-0.2, -0.15) is 0 Å². The molecule has 0 unspecified atom stereocenters. The molecule has 0 aromatic carbocycles. The van der Waals surface area contributed by atoms with Crippen molar-refractivity contribution in [3.05, 3.63) is 0 Å². The molecule has 3 nitrogen and oxygen atoms in total. The Morgan fingerprint density at radius 2 is 1.83 bits per heavy atom. The third-order valence-corrected chi connectivity index (χ3v) is 2.12. The van der Waals surface area contributed by atoms with Gasteiger partial charge in [0, 0.05) is 13.0 Å². The number of rotatable bonds is 3. The van der Waals surface area contributed by atoms with Crippen LogP contribution in [0.4, 0.5) is 0 Å². The van der Waals surface area contributed by atoms with Crippen molar-refractivity contribution in [1.29, 1.82) is 0 Å². The number of nitrogens with zero attached hydrogens (tertiary/aromatic N) is 1. The number of primary amides is 1. The van der Waals surface area contributed by atoms with Crippen LogP contribution in [-0.2, 0) is 4.79 Å². The molecule has 0 saturated carbocycles. The fourth-order valence-electron chi connectivity index (χ4n) is 1.45. The van der Waals surface area contributed by atoms with Crippen molar-refractivity contribution < 1.29 is 4.79 Å². The zero-order valence-corrected chi connectivity index (χ0v) is 6.88. The quantitative estimate of drug-likeness (QED) is 0.630. The second-order valence-corrected chi connectivity index (χ2v) is 3.12. The Hall–Kier alpha value is 1.07. The molecular weight excluding hydrogens is 179 g/mol. The molecule has 0 spiro atoms. The van der Waals surface area contributed by atoms with E-state index in [9.17, 15) is 4.79 Å². The summed E-state index contributed by atoms with van der Waals surface area (Å²) in [6, 6.07) is 0. The van der Waals surface area contributed by atoms with Crippen molar-refractivity contribution in [3.63, 3.8) is 0 Å². The molecule has 0 aromatic rings. The van der Waals surface area contributed by atoms with Crippen LogP contribution in [0.3, 0.4) is 0 Å². The fraction of sp³-hybridized carbons (Fsp3) is 0.875. The van der Waals surface area contributed by atoms with Crippen LogP contribution in [0.25, 0.3) is 0 Å². The second kappa shape index (κ2) is 7.47. The Bertz CT molecular complexity index is 135. The molecule has 4 heteroatoms. The van der Waals surface area contributed by atoms with Gasteiger partial charge in [0.1, 0.15) is 0 Å². The van der Waals surface area contributed by atoms with Crippen molar-refractivity contribution >= 4 is 57.3 Å². The Labute approximate surface area is 116 Å². The standard InChI is InChI=1S/C8H16N2O.K.H/c9-8(11)4-7-10-5-2-1-3-6-10;;/h1-7H2,(H2,9,11);;. The van der Waals surface area contributed by atoms with Crippen LogP contribution in [0.1, 0.15) is 25.7 Å². The van der Waals surface area contributed by atoms with Crippen molar-refractivity contribution in [3.8, 4) is 0 Å². The summed E-state index contributed by atoms with van der Waals surface area (Å²) >= 11 is 0. The van der Waals surface area contributed by atoms with Gasteiger partial charge in [0.05, 0.1) is 0 Å². The molecule has 1 aliphatic rings. The van der Waals surface area contributed by atoms with Gasteiger partial charge in [-0.25, -0.2) is 0 Å². The molecule has 1 fully saturated rings. The van der Waals surface area contributed by atoms with Crippen LogP contribution in [0.5, 0.6) is 0 Å². The van der Waals surface area contributed by atoms with Crippen molar-refractivity contribution in [1.82, 2.24) is 4.90 Å². The summed E-state index contributed by atoms with van der Waals surface area (Å²) in [6.07, 6.45) is 4.41. The number of hydrogen-bond donors (Lipinski definition) is 1. The van der Waals surface area contributed by atoms with Gasteiger partial charge in [0.15, 0.2) is 0 Å². The molecule has 1 rings (SSSR count). The summed E-state index contributed by atoms with van der Waals surface area (Å²) in [6.45, 7) is 3.15. The second-order valence-electron chi connectivity index (χ2n) is 3.12. The number of nitrogens with two attached hydrogens (primary N) is 1. The molecule has 1 heterocycles. The van der Waals surface area contributed by atoms with Gasteiger partial charge in [-0.3, -0.25) is 4.79 Å². The number of likely N-dealkylation sites (tertiary alicyclic amines) is 1. The SMILES string of the molecule is NC(=O)CCN1CCCCC1.[KH]. The Morgan fingerprint density at radius 3 is 2.33 bits per heavy atom. The van der Waals surface area contributed by atoms with Crippen LogP contribution >= 0.6 is 0 Å². The first-order valence-corrected chi connectivity index (χ1v) is 4.30. The van der Waals surface area contributed by atoms with E-state index in [0.717, 1.165) is 19.6 Å². The molecule has 0 atom stereocenters.